The topological polar surface area (TPSA) is 17.9 Å². The monoisotopic (exact) mass is 1090 g/mol. The smallest absolute Gasteiger partial charge is 0.252 e. The second kappa shape index (κ2) is 17.3. The molecule has 5 nitrogen and oxygen atoms in total. The Balaban J connectivity index is 0.965. The summed E-state index contributed by atoms with van der Waals surface area (Å²) in [6, 6.07) is 110. The molecule has 6 aliphatic heterocycles. The van der Waals surface area contributed by atoms with Crippen molar-refractivity contribution in [2.75, 3.05) is 19.6 Å². The molecule has 7 heterocycles. The summed E-state index contributed by atoms with van der Waals surface area (Å²) in [5, 5.41) is 2.58. The molecule has 0 fully saturated rings. The molecular weight excluding hydrogens is 1040 g/mol. The molecule has 14 aromatic rings. The van der Waals surface area contributed by atoms with Crippen LogP contribution in [0, 0.1) is 0 Å². The average molecular weight is 1090 g/mol. The Labute approximate surface area is 499 Å². The van der Waals surface area contributed by atoms with Crippen LogP contribution in [0.4, 0.5) is 68.2 Å². The Bertz CT molecular complexity index is 5190. The molecule has 0 atom stereocenters. The van der Waals surface area contributed by atoms with Gasteiger partial charge in [0.15, 0.2) is 0 Å². The van der Waals surface area contributed by atoms with E-state index in [1.807, 2.05) is 0 Å². The largest absolute Gasteiger partial charge is 0.312 e. The predicted octanol–water partition coefficient (Wildman–Crippen LogP) is 13.4. The van der Waals surface area contributed by atoms with Crippen LogP contribution in [-0.4, -0.2) is 24.7 Å². The van der Waals surface area contributed by atoms with E-state index in [0.29, 0.717) is 0 Å². The zero-order valence-electron chi connectivity index (χ0n) is 46.7. The summed E-state index contributed by atoms with van der Waals surface area (Å²) in [5.74, 6) is 0. The first kappa shape index (κ1) is 46.5. The predicted molar refractivity (Wildman–Crippen MR) is 364 cm³/mol. The minimum atomic E-state index is -0.128. The molecule has 13 aromatic carbocycles. The van der Waals surface area contributed by atoms with Crippen molar-refractivity contribution in [1.29, 1.82) is 0 Å². The van der Waals surface area contributed by atoms with Crippen molar-refractivity contribution < 1.29 is 0 Å². The lowest BCUT2D eigenvalue weighted by molar-refractivity contribution is 1.18. The van der Waals surface area contributed by atoms with E-state index in [2.05, 4.69) is 315 Å². The Morgan fingerprint density at radius 3 is 1.38 bits per heavy atom. The molecule has 0 radical (unpaired) electrons. The Morgan fingerprint density at radius 2 is 0.721 bits per heavy atom. The maximum absolute atomic E-state index is 2.74. The van der Waals surface area contributed by atoms with Gasteiger partial charge in [0.1, 0.15) is 0 Å². The van der Waals surface area contributed by atoms with Crippen molar-refractivity contribution in [3.8, 4) is 27.9 Å². The van der Waals surface area contributed by atoms with Crippen LogP contribution in [0.1, 0.15) is 0 Å². The molecule has 0 N–H and O–H groups in total. The average Bonchev–Trinajstić information content (AvgIpc) is 0.816. The van der Waals surface area contributed by atoms with Gasteiger partial charge in [0, 0.05) is 84.5 Å². The van der Waals surface area contributed by atoms with Gasteiger partial charge < -0.3 is 24.2 Å². The van der Waals surface area contributed by atoms with Gasteiger partial charge in [0.2, 0.25) is 0 Å². The highest BCUT2D eigenvalue weighted by molar-refractivity contribution is 7.07. The molecule has 1 aromatic heterocycles. The minimum Gasteiger partial charge on any atom is -0.312 e. The lowest BCUT2D eigenvalue weighted by Crippen LogP contribution is -2.72. The van der Waals surface area contributed by atoms with Crippen LogP contribution in [0.2, 0.25) is 0 Å². The summed E-state index contributed by atoms with van der Waals surface area (Å²) in [6.07, 6.45) is 0. The highest BCUT2D eigenvalue weighted by Gasteiger charge is 2.55. The molecule has 0 aliphatic carbocycles. The highest BCUT2D eigenvalue weighted by atomic mass is 15.2. The molecule has 86 heavy (non-hydrogen) atoms. The molecule has 0 amide bonds. The zero-order chi connectivity index (χ0) is 55.9. The number of hydrogen-bond acceptors (Lipinski definition) is 4. The standard InChI is InChI=1S/C78H48B3N5/c1-6-22-49(23-7-1)51-40-42-60-69(44-51)85-68-39-21-38-67-73(68)81(62-35-20-33-58-57-32-16-18-36-65(57)84(67)76(58)62)64-48-63-78-75(77(64)85)79(60)61-43-41-52(50-24-8-2-9-25-50)45-70(61)86(78)72-47-56(82(53-26-10-3-11-27-53)54-28-12-4-13-29-54)46-71-74(72)80(63)59-34-17-19-37-66(59)83(71)55-30-14-5-15-31-55/h1-48H. The number of aromatic nitrogens is 1. The molecular formula is C78H48B3N5. The molecule has 0 saturated heterocycles. The number of fused-ring (bicyclic) bond motifs is 17. The van der Waals surface area contributed by atoms with Crippen molar-refractivity contribution >= 4 is 159 Å². The highest BCUT2D eigenvalue weighted by Crippen LogP contribution is 2.52. The van der Waals surface area contributed by atoms with E-state index in [4.69, 9.17) is 0 Å². The van der Waals surface area contributed by atoms with Gasteiger partial charge in [0.05, 0.1) is 11.2 Å². The van der Waals surface area contributed by atoms with Crippen molar-refractivity contribution in [2.24, 2.45) is 0 Å². The van der Waals surface area contributed by atoms with Gasteiger partial charge in [-0.05, 0) is 156 Å². The quantitative estimate of drug-likeness (QED) is 0.154. The second-order valence-corrected chi connectivity index (χ2v) is 23.9. The van der Waals surface area contributed by atoms with E-state index in [1.54, 1.807) is 0 Å². The van der Waals surface area contributed by atoms with Crippen LogP contribution in [0.25, 0.3) is 49.7 Å². The van der Waals surface area contributed by atoms with E-state index in [0.717, 1.165) is 22.7 Å². The second-order valence-electron chi connectivity index (χ2n) is 23.9. The Hall–Kier alpha value is -10.9. The number of nitrogens with zero attached hydrogens (tertiary/aromatic N) is 5. The fraction of sp³-hybridized carbons (Fsp3) is 0. The number of hydrogen-bond donors (Lipinski definition) is 0. The number of rotatable bonds is 6. The van der Waals surface area contributed by atoms with Crippen LogP contribution in [0.5, 0.6) is 0 Å². The molecule has 20 rings (SSSR count). The van der Waals surface area contributed by atoms with Gasteiger partial charge >= 0.3 is 0 Å². The van der Waals surface area contributed by atoms with Crippen LogP contribution < -0.4 is 68.8 Å². The molecule has 394 valence electrons. The first-order chi connectivity index (χ1) is 42.7. The normalized spacial score (nSPS) is 13.7. The van der Waals surface area contributed by atoms with Gasteiger partial charge in [-0.25, -0.2) is 0 Å². The van der Waals surface area contributed by atoms with Crippen molar-refractivity contribution in [1.82, 2.24) is 4.57 Å². The van der Waals surface area contributed by atoms with Crippen molar-refractivity contribution in [2.45, 2.75) is 0 Å². The molecule has 6 aliphatic rings. The van der Waals surface area contributed by atoms with Crippen molar-refractivity contribution in [3.05, 3.63) is 291 Å². The van der Waals surface area contributed by atoms with E-state index in [-0.39, 0.29) is 20.1 Å². The molecule has 0 bridgehead atoms. The van der Waals surface area contributed by atoms with Gasteiger partial charge in [-0.1, -0.05) is 206 Å². The first-order valence-electron chi connectivity index (χ1n) is 30.1. The fourth-order valence-electron chi connectivity index (χ4n) is 16.4. The van der Waals surface area contributed by atoms with Crippen LogP contribution in [0.15, 0.2) is 291 Å². The fourth-order valence-corrected chi connectivity index (χ4v) is 16.4. The lowest BCUT2D eigenvalue weighted by Gasteiger charge is -2.52. The summed E-state index contributed by atoms with van der Waals surface area (Å²) in [4.78, 5) is 10.5. The van der Waals surface area contributed by atoms with Gasteiger partial charge in [-0.2, -0.15) is 0 Å². The SMILES string of the molecule is c1ccc(-c2ccc3c(c2)N2c4cc(N(c5ccccc5)c5ccccc5)cc5c4B(c4ccccc4N5c4ccccc4)c4cc5c6c(c42)B3c2ccc(-c3ccccc3)cc2N6c2cccc3c2B5c2cccc4c5ccccc5n-3c24)cc1. The van der Waals surface area contributed by atoms with Gasteiger partial charge in [-0.3, -0.25) is 0 Å². The van der Waals surface area contributed by atoms with Crippen LogP contribution in [0.3, 0.4) is 0 Å². The summed E-state index contributed by atoms with van der Waals surface area (Å²) in [5.41, 5.74) is 34.8. The maximum Gasteiger partial charge on any atom is 0.252 e. The summed E-state index contributed by atoms with van der Waals surface area (Å²) in [6.45, 7) is -0.287. The lowest BCUT2D eigenvalue weighted by atomic mass is 9.26. The van der Waals surface area contributed by atoms with E-state index < -0.39 is 0 Å². The summed E-state index contributed by atoms with van der Waals surface area (Å²) < 4.78 is 2.59. The van der Waals surface area contributed by atoms with E-state index in [1.165, 1.54) is 144 Å². The third kappa shape index (κ3) is 6.11. The third-order valence-electron chi connectivity index (χ3n) is 19.7. The summed E-state index contributed by atoms with van der Waals surface area (Å²) >= 11 is 0. The van der Waals surface area contributed by atoms with Crippen LogP contribution in [-0.2, 0) is 0 Å². The summed E-state index contributed by atoms with van der Waals surface area (Å²) in [7, 11) is 0. The van der Waals surface area contributed by atoms with Gasteiger partial charge in [-0.15, -0.1) is 0 Å². The van der Waals surface area contributed by atoms with Crippen LogP contribution >= 0.6 is 0 Å². The Morgan fingerprint density at radius 1 is 0.256 bits per heavy atom. The maximum atomic E-state index is 2.74. The molecule has 0 unspecified atom stereocenters. The van der Waals surface area contributed by atoms with E-state index in [9.17, 15) is 0 Å². The molecule has 8 heteroatoms. The zero-order valence-corrected chi connectivity index (χ0v) is 46.7. The molecule has 0 spiro atoms. The Kier molecular flexibility index (Phi) is 9.37. The number of anilines is 12. The van der Waals surface area contributed by atoms with Crippen molar-refractivity contribution in [3.63, 3.8) is 0 Å². The van der Waals surface area contributed by atoms with Gasteiger partial charge in [0.25, 0.3) is 20.1 Å². The number of benzene rings is 13. The first-order valence-corrected chi connectivity index (χ1v) is 30.1. The minimum absolute atomic E-state index is 0.0579. The number of para-hydroxylation sites is 6. The third-order valence-corrected chi connectivity index (χ3v) is 19.7. The van der Waals surface area contributed by atoms with E-state index >= 15 is 0 Å². The molecule has 0 saturated carbocycles.